The lowest BCUT2D eigenvalue weighted by atomic mass is 9.60. The van der Waals surface area contributed by atoms with Crippen molar-refractivity contribution in [2.24, 2.45) is 5.41 Å². The summed E-state index contributed by atoms with van der Waals surface area (Å²) in [7, 11) is 0. The second-order valence-corrected chi connectivity index (χ2v) is 6.82. The molecule has 1 aromatic rings. The molecule has 3 rings (SSSR count). The molecule has 0 bridgehead atoms. The molecule has 1 aromatic carbocycles. The smallest absolute Gasteiger partial charge is 0.146 e. The van der Waals surface area contributed by atoms with Crippen LogP contribution >= 0.6 is 15.9 Å². The first-order valence-electron chi connectivity index (χ1n) is 7.26. The van der Waals surface area contributed by atoms with Gasteiger partial charge in [0.25, 0.3) is 0 Å². The van der Waals surface area contributed by atoms with Crippen LogP contribution in [0.15, 0.2) is 22.7 Å². The Hall–Kier alpha value is -0.900. The average Bonchev–Trinajstić information content (AvgIpc) is 2.65. The zero-order valence-electron chi connectivity index (χ0n) is 11.3. The molecule has 2 aliphatic carbocycles. The van der Waals surface area contributed by atoms with Gasteiger partial charge in [-0.25, -0.2) is 4.39 Å². The third-order valence-electron chi connectivity index (χ3n) is 4.65. The quantitative estimate of drug-likeness (QED) is 0.783. The minimum atomic E-state index is -0.324. The molecule has 108 valence electrons. The summed E-state index contributed by atoms with van der Waals surface area (Å²) >= 11 is 3.27. The van der Waals surface area contributed by atoms with Gasteiger partial charge in [-0.1, -0.05) is 41.6 Å². The molecule has 1 atom stereocenters. The Balaban J connectivity index is 1.78. The van der Waals surface area contributed by atoms with E-state index in [9.17, 15) is 9.18 Å². The van der Waals surface area contributed by atoms with Crippen molar-refractivity contribution in [3.63, 3.8) is 0 Å². The van der Waals surface area contributed by atoms with Crippen LogP contribution in [0.5, 0.6) is 5.75 Å². The molecule has 1 spiro atoms. The lowest BCUT2D eigenvalue weighted by Crippen LogP contribution is -2.56. The van der Waals surface area contributed by atoms with E-state index in [1.807, 2.05) is 0 Å². The van der Waals surface area contributed by atoms with Gasteiger partial charge < -0.3 is 4.74 Å². The zero-order valence-corrected chi connectivity index (χ0v) is 12.9. The van der Waals surface area contributed by atoms with E-state index in [0.29, 0.717) is 22.4 Å². The van der Waals surface area contributed by atoms with Crippen LogP contribution in [-0.4, -0.2) is 11.9 Å². The van der Waals surface area contributed by atoms with E-state index in [4.69, 9.17) is 4.74 Å². The number of carbonyl (C=O) groups excluding carboxylic acids is 1. The SMILES string of the molecule is O=C1CC(Oc2cc(F)cc(Br)c2)C12CCCCCC2. The Morgan fingerprint density at radius 1 is 1.15 bits per heavy atom. The van der Waals surface area contributed by atoms with E-state index >= 15 is 0 Å². The number of Topliss-reactive ketones (excluding diaryl/α,β-unsaturated/α-hetero) is 1. The zero-order chi connectivity index (χ0) is 14.2. The summed E-state index contributed by atoms with van der Waals surface area (Å²) in [4.78, 5) is 12.1. The molecule has 0 amide bonds. The number of rotatable bonds is 2. The van der Waals surface area contributed by atoms with Crippen LogP contribution in [-0.2, 0) is 4.79 Å². The number of benzene rings is 1. The fourth-order valence-electron chi connectivity index (χ4n) is 3.49. The number of hydrogen-bond donors (Lipinski definition) is 0. The van der Waals surface area contributed by atoms with E-state index in [1.165, 1.54) is 25.0 Å². The van der Waals surface area contributed by atoms with Crippen LogP contribution in [0.25, 0.3) is 0 Å². The van der Waals surface area contributed by atoms with Crippen LogP contribution in [0.3, 0.4) is 0 Å². The van der Waals surface area contributed by atoms with Gasteiger partial charge in [0.2, 0.25) is 0 Å². The topological polar surface area (TPSA) is 26.3 Å². The monoisotopic (exact) mass is 340 g/mol. The Morgan fingerprint density at radius 3 is 2.45 bits per heavy atom. The normalized spacial score (nSPS) is 25.1. The van der Waals surface area contributed by atoms with Crippen molar-refractivity contribution in [3.8, 4) is 5.75 Å². The molecule has 0 aromatic heterocycles. The second kappa shape index (κ2) is 5.47. The molecule has 4 heteroatoms. The first kappa shape index (κ1) is 14.1. The number of halogens is 2. The molecular formula is C16H18BrFO2. The number of hydrogen-bond acceptors (Lipinski definition) is 2. The summed E-state index contributed by atoms with van der Waals surface area (Å²) in [5.41, 5.74) is -0.296. The maximum absolute atomic E-state index is 13.4. The summed E-state index contributed by atoms with van der Waals surface area (Å²) in [6.07, 6.45) is 6.83. The van der Waals surface area contributed by atoms with Crippen molar-refractivity contribution in [1.29, 1.82) is 0 Å². The van der Waals surface area contributed by atoms with E-state index < -0.39 is 0 Å². The molecular weight excluding hydrogens is 323 g/mol. The van der Waals surface area contributed by atoms with Crippen molar-refractivity contribution in [2.75, 3.05) is 0 Å². The van der Waals surface area contributed by atoms with Crippen LogP contribution in [0.4, 0.5) is 4.39 Å². The summed E-state index contributed by atoms with van der Waals surface area (Å²) in [5, 5.41) is 0. The van der Waals surface area contributed by atoms with Crippen molar-refractivity contribution in [2.45, 2.75) is 51.0 Å². The fourth-order valence-corrected chi connectivity index (χ4v) is 3.94. The van der Waals surface area contributed by atoms with Crippen molar-refractivity contribution in [1.82, 2.24) is 0 Å². The minimum absolute atomic E-state index is 0.0817. The fraction of sp³-hybridized carbons (Fsp3) is 0.562. The molecule has 0 saturated heterocycles. The lowest BCUT2D eigenvalue weighted by molar-refractivity contribution is -0.154. The molecule has 0 radical (unpaired) electrons. The maximum atomic E-state index is 13.4. The molecule has 0 aliphatic heterocycles. The first-order valence-corrected chi connectivity index (χ1v) is 8.05. The second-order valence-electron chi connectivity index (χ2n) is 5.91. The van der Waals surface area contributed by atoms with Gasteiger partial charge in [0.05, 0.1) is 5.41 Å². The van der Waals surface area contributed by atoms with Gasteiger partial charge in [-0.15, -0.1) is 0 Å². The van der Waals surface area contributed by atoms with E-state index in [-0.39, 0.29) is 17.3 Å². The van der Waals surface area contributed by atoms with Gasteiger partial charge in [0.1, 0.15) is 23.5 Å². The minimum Gasteiger partial charge on any atom is -0.489 e. The summed E-state index contributed by atoms with van der Waals surface area (Å²) in [6, 6.07) is 4.55. The summed E-state index contributed by atoms with van der Waals surface area (Å²) in [6.45, 7) is 0. The van der Waals surface area contributed by atoms with Gasteiger partial charge in [0.15, 0.2) is 0 Å². The number of ketones is 1. The molecule has 0 heterocycles. The number of ether oxygens (including phenoxy) is 1. The molecule has 2 aliphatic rings. The highest BCUT2D eigenvalue weighted by Gasteiger charge is 2.55. The highest BCUT2D eigenvalue weighted by molar-refractivity contribution is 9.10. The molecule has 1 unspecified atom stereocenters. The van der Waals surface area contributed by atoms with E-state index in [1.54, 1.807) is 6.07 Å². The average molecular weight is 341 g/mol. The van der Waals surface area contributed by atoms with Crippen molar-refractivity contribution < 1.29 is 13.9 Å². The van der Waals surface area contributed by atoms with Crippen molar-refractivity contribution >= 4 is 21.7 Å². The predicted octanol–water partition coefficient (Wildman–Crippen LogP) is 4.65. The van der Waals surface area contributed by atoms with Crippen LogP contribution in [0.1, 0.15) is 44.9 Å². The van der Waals surface area contributed by atoms with Gasteiger partial charge in [-0.05, 0) is 25.0 Å². The van der Waals surface area contributed by atoms with E-state index in [2.05, 4.69) is 15.9 Å². The van der Waals surface area contributed by atoms with Crippen LogP contribution < -0.4 is 4.74 Å². The Morgan fingerprint density at radius 2 is 1.85 bits per heavy atom. The molecule has 2 nitrogen and oxygen atoms in total. The highest BCUT2D eigenvalue weighted by Crippen LogP contribution is 2.49. The summed E-state index contributed by atoms with van der Waals surface area (Å²) < 4.78 is 20.0. The molecule has 20 heavy (non-hydrogen) atoms. The standard InChI is InChI=1S/C16H18BrFO2/c17-11-7-12(18)9-13(8-11)20-15-10-14(19)16(15)5-3-1-2-4-6-16/h7-9,15H,1-6,10H2. The van der Waals surface area contributed by atoms with Gasteiger partial charge >= 0.3 is 0 Å². The van der Waals surface area contributed by atoms with Gasteiger partial charge in [0, 0.05) is 17.0 Å². The van der Waals surface area contributed by atoms with Crippen molar-refractivity contribution in [3.05, 3.63) is 28.5 Å². The van der Waals surface area contributed by atoms with E-state index in [0.717, 1.165) is 25.7 Å². The van der Waals surface area contributed by atoms with Gasteiger partial charge in [-0.3, -0.25) is 4.79 Å². The largest absolute Gasteiger partial charge is 0.489 e. The van der Waals surface area contributed by atoms with Gasteiger partial charge in [-0.2, -0.15) is 0 Å². The first-order chi connectivity index (χ1) is 9.60. The Labute approximate surface area is 126 Å². The van der Waals surface area contributed by atoms with Crippen LogP contribution in [0.2, 0.25) is 0 Å². The van der Waals surface area contributed by atoms with Crippen LogP contribution in [0, 0.1) is 11.2 Å². The molecule has 2 saturated carbocycles. The highest BCUT2D eigenvalue weighted by atomic mass is 79.9. The summed E-state index contributed by atoms with van der Waals surface area (Å²) in [5.74, 6) is 0.521. The third-order valence-corrected chi connectivity index (χ3v) is 5.11. The predicted molar refractivity (Wildman–Crippen MR) is 78.3 cm³/mol. The number of carbonyl (C=O) groups is 1. The Kier molecular flexibility index (Phi) is 3.85. The molecule has 0 N–H and O–H groups in total. The maximum Gasteiger partial charge on any atom is 0.146 e. The lowest BCUT2D eigenvalue weighted by Gasteiger charge is -2.47. The molecule has 2 fully saturated rings. The Bertz CT molecular complexity index is 501. The third kappa shape index (κ3) is 2.50.